The molecule has 4 heteroatoms. The van der Waals surface area contributed by atoms with Crippen molar-refractivity contribution in [2.24, 2.45) is 5.92 Å². The van der Waals surface area contributed by atoms with Gasteiger partial charge in [-0.1, -0.05) is 6.92 Å². The minimum Gasteiger partial charge on any atom is -0.481 e. The van der Waals surface area contributed by atoms with Crippen LogP contribution in [0.4, 0.5) is 0 Å². The van der Waals surface area contributed by atoms with Crippen molar-refractivity contribution in [2.75, 3.05) is 7.11 Å². The van der Waals surface area contributed by atoms with Crippen LogP contribution in [0.15, 0.2) is 0 Å². The van der Waals surface area contributed by atoms with Crippen molar-refractivity contribution in [3.63, 3.8) is 0 Å². The average Bonchev–Trinajstić information content (AvgIpc) is 2.27. The maximum atomic E-state index is 12.0. The van der Waals surface area contributed by atoms with Gasteiger partial charge in [0, 0.05) is 13.5 Å². The minimum atomic E-state index is -0.927. The Bertz CT molecular complexity index is 264. The van der Waals surface area contributed by atoms with E-state index in [-0.39, 0.29) is 18.6 Å². The Morgan fingerprint density at radius 1 is 1.31 bits per heavy atom. The number of carbonyl (C=O) groups excluding carboxylic acids is 1. The summed E-state index contributed by atoms with van der Waals surface area (Å²) in [5.74, 6) is -0.344. The van der Waals surface area contributed by atoms with Crippen LogP contribution in [0, 0.1) is 5.92 Å². The number of aliphatic carboxylic acids is 1. The first-order valence-electron chi connectivity index (χ1n) is 5.80. The lowest BCUT2D eigenvalue weighted by Crippen LogP contribution is -2.43. The molecule has 92 valence electrons. The molecule has 1 aliphatic rings. The molecule has 0 bridgehead atoms. The van der Waals surface area contributed by atoms with Crippen LogP contribution in [-0.4, -0.2) is 29.6 Å². The zero-order valence-corrected chi connectivity index (χ0v) is 9.99. The molecular weight excluding hydrogens is 208 g/mol. The van der Waals surface area contributed by atoms with Crippen molar-refractivity contribution >= 4 is 11.8 Å². The number of methoxy groups -OCH3 is 1. The zero-order chi connectivity index (χ0) is 12.2. The molecule has 0 aromatic carbocycles. The minimum absolute atomic E-state index is 0.0516. The van der Waals surface area contributed by atoms with Gasteiger partial charge in [0.25, 0.3) is 0 Å². The Labute approximate surface area is 96.0 Å². The fourth-order valence-corrected chi connectivity index (χ4v) is 2.27. The maximum Gasteiger partial charge on any atom is 0.303 e. The van der Waals surface area contributed by atoms with Crippen LogP contribution >= 0.6 is 0 Å². The van der Waals surface area contributed by atoms with E-state index >= 15 is 0 Å². The van der Waals surface area contributed by atoms with Crippen molar-refractivity contribution in [2.45, 2.75) is 51.0 Å². The van der Waals surface area contributed by atoms with Gasteiger partial charge in [-0.3, -0.25) is 9.59 Å². The Balaban J connectivity index is 2.58. The summed E-state index contributed by atoms with van der Waals surface area (Å²) in [6.45, 7) is 2.17. The molecule has 0 amide bonds. The van der Waals surface area contributed by atoms with Crippen LogP contribution in [0.3, 0.4) is 0 Å². The van der Waals surface area contributed by atoms with Crippen LogP contribution in [0.25, 0.3) is 0 Å². The summed E-state index contributed by atoms with van der Waals surface area (Å²) < 4.78 is 5.38. The molecular formula is C12H20O4. The van der Waals surface area contributed by atoms with E-state index in [1.54, 1.807) is 7.11 Å². The third-order valence-corrected chi connectivity index (χ3v) is 3.55. The molecule has 0 aliphatic heterocycles. The largest absolute Gasteiger partial charge is 0.481 e. The SMILES string of the molecule is COC1(C(=O)CCC(=O)O)CCC(C)CC1. The van der Waals surface area contributed by atoms with E-state index in [1.807, 2.05) is 0 Å². The van der Waals surface area contributed by atoms with Crippen molar-refractivity contribution < 1.29 is 19.4 Å². The monoisotopic (exact) mass is 228 g/mol. The van der Waals surface area contributed by atoms with E-state index in [2.05, 4.69) is 6.92 Å². The number of rotatable bonds is 5. The predicted octanol–water partition coefficient (Wildman–Crippen LogP) is 2.02. The van der Waals surface area contributed by atoms with Gasteiger partial charge in [0.05, 0.1) is 6.42 Å². The van der Waals surface area contributed by atoms with Gasteiger partial charge in [0.1, 0.15) is 5.60 Å². The molecule has 1 rings (SSSR count). The van der Waals surface area contributed by atoms with Crippen molar-refractivity contribution in [1.82, 2.24) is 0 Å². The van der Waals surface area contributed by atoms with E-state index < -0.39 is 11.6 Å². The molecule has 1 saturated carbocycles. The molecule has 0 heterocycles. The molecule has 0 saturated heterocycles. The highest BCUT2D eigenvalue weighted by Gasteiger charge is 2.40. The van der Waals surface area contributed by atoms with Crippen LogP contribution in [0.2, 0.25) is 0 Å². The first-order valence-corrected chi connectivity index (χ1v) is 5.80. The molecule has 0 aromatic heterocycles. The maximum absolute atomic E-state index is 12.0. The smallest absolute Gasteiger partial charge is 0.303 e. The molecule has 0 spiro atoms. The van der Waals surface area contributed by atoms with Gasteiger partial charge in [-0.15, -0.1) is 0 Å². The highest BCUT2D eigenvalue weighted by atomic mass is 16.5. The Morgan fingerprint density at radius 2 is 1.88 bits per heavy atom. The zero-order valence-electron chi connectivity index (χ0n) is 9.99. The molecule has 0 atom stereocenters. The number of carboxylic acids is 1. The van der Waals surface area contributed by atoms with Crippen LogP contribution < -0.4 is 0 Å². The normalized spacial score (nSPS) is 30.0. The number of ketones is 1. The summed E-state index contributed by atoms with van der Waals surface area (Å²) in [4.78, 5) is 22.4. The summed E-state index contributed by atoms with van der Waals surface area (Å²) in [6, 6.07) is 0. The standard InChI is InChI=1S/C12H20O4/c1-9-5-7-12(16-2,8-6-9)10(13)3-4-11(14)15/h9H,3-8H2,1-2H3,(H,14,15). The van der Waals surface area contributed by atoms with Crippen LogP contribution in [-0.2, 0) is 14.3 Å². The van der Waals surface area contributed by atoms with Crippen molar-refractivity contribution in [1.29, 1.82) is 0 Å². The second kappa shape index (κ2) is 5.43. The topological polar surface area (TPSA) is 63.6 Å². The molecule has 0 radical (unpaired) electrons. The summed E-state index contributed by atoms with van der Waals surface area (Å²) in [5, 5.41) is 8.57. The molecule has 0 unspecified atom stereocenters. The van der Waals surface area contributed by atoms with Crippen LogP contribution in [0.5, 0.6) is 0 Å². The first-order chi connectivity index (χ1) is 7.50. The molecule has 1 N–H and O–H groups in total. The van der Waals surface area contributed by atoms with Crippen LogP contribution in [0.1, 0.15) is 45.4 Å². The van der Waals surface area contributed by atoms with E-state index in [0.717, 1.165) is 25.7 Å². The van der Waals surface area contributed by atoms with Crippen molar-refractivity contribution in [3.8, 4) is 0 Å². The van der Waals surface area contributed by atoms with Crippen molar-refractivity contribution in [3.05, 3.63) is 0 Å². The Morgan fingerprint density at radius 3 is 2.31 bits per heavy atom. The van der Waals surface area contributed by atoms with Gasteiger partial charge in [0.15, 0.2) is 5.78 Å². The number of carbonyl (C=O) groups is 2. The van der Waals surface area contributed by atoms with Gasteiger partial charge >= 0.3 is 5.97 Å². The van der Waals surface area contributed by atoms with Gasteiger partial charge in [-0.25, -0.2) is 0 Å². The van der Waals surface area contributed by atoms with Gasteiger partial charge in [-0.05, 0) is 31.6 Å². The fraction of sp³-hybridized carbons (Fsp3) is 0.833. The Hall–Kier alpha value is -0.900. The summed E-state index contributed by atoms with van der Waals surface area (Å²) >= 11 is 0. The number of hydrogen-bond donors (Lipinski definition) is 1. The number of Topliss-reactive ketones (excluding diaryl/α,β-unsaturated/α-hetero) is 1. The lowest BCUT2D eigenvalue weighted by molar-refractivity contribution is -0.149. The average molecular weight is 228 g/mol. The summed E-state index contributed by atoms with van der Waals surface area (Å²) in [7, 11) is 1.55. The highest BCUT2D eigenvalue weighted by molar-refractivity contribution is 5.89. The molecule has 4 nitrogen and oxygen atoms in total. The highest BCUT2D eigenvalue weighted by Crippen LogP contribution is 2.35. The lowest BCUT2D eigenvalue weighted by atomic mass is 9.76. The third-order valence-electron chi connectivity index (χ3n) is 3.55. The van der Waals surface area contributed by atoms with Gasteiger partial charge in [-0.2, -0.15) is 0 Å². The van der Waals surface area contributed by atoms with E-state index in [1.165, 1.54) is 0 Å². The summed E-state index contributed by atoms with van der Waals surface area (Å²) in [6.07, 6.45) is 3.39. The van der Waals surface area contributed by atoms with E-state index in [0.29, 0.717) is 5.92 Å². The molecule has 0 aromatic rings. The third kappa shape index (κ3) is 3.04. The number of carboxylic acid groups (broad SMARTS) is 1. The predicted molar refractivity (Wildman–Crippen MR) is 59.2 cm³/mol. The van der Waals surface area contributed by atoms with E-state index in [4.69, 9.17) is 9.84 Å². The quantitative estimate of drug-likeness (QED) is 0.781. The van der Waals surface area contributed by atoms with Gasteiger partial charge in [0.2, 0.25) is 0 Å². The molecule has 16 heavy (non-hydrogen) atoms. The van der Waals surface area contributed by atoms with Gasteiger partial charge < -0.3 is 9.84 Å². The number of hydrogen-bond acceptors (Lipinski definition) is 3. The fourth-order valence-electron chi connectivity index (χ4n) is 2.27. The summed E-state index contributed by atoms with van der Waals surface area (Å²) in [5.41, 5.74) is -0.706. The van der Waals surface area contributed by atoms with E-state index in [9.17, 15) is 9.59 Å². The molecule has 1 fully saturated rings. The second-order valence-electron chi connectivity index (χ2n) is 4.70. The Kier molecular flexibility index (Phi) is 4.47. The molecule has 1 aliphatic carbocycles. The second-order valence-corrected chi connectivity index (χ2v) is 4.70. The first kappa shape index (κ1) is 13.2. The number of ether oxygens (including phenoxy) is 1. The lowest BCUT2D eigenvalue weighted by Gasteiger charge is -2.36.